The molecule has 0 bridgehead atoms. The molecule has 0 aliphatic carbocycles. The van der Waals surface area contributed by atoms with Crippen molar-refractivity contribution in [3.8, 4) is 5.75 Å². The van der Waals surface area contributed by atoms with Crippen molar-refractivity contribution in [2.75, 3.05) is 19.7 Å². The monoisotopic (exact) mass is 296 g/mol. The van der Waals surface area contributed by atoms with Gasteiger partial charge in [0.15, 0.2) is 0 Å². The van der Waals surface area contributed by atoms with Crippen molar-refractivity contribution in [1.29, 1.82) is 0 Å². The number of ether oxygens (including phenoxy) is 1. The molecule has 1 aliphatic rings. The van der Waals surface area contributed by atoms with Gasteiger partial charge in [-0.3, -0.25) is 0 Å². The topological polar surface area (TPSA) is 13.7 Å². The molecule has 1 heterocycles. The van der Waals surface area contributed by atoms with Gasteiger partial charge in [-0.15, -0.1) is 0 Å². The molecule has 0 amide bonds. The first-order valence-corrected chi connectivity index (χ1v) is 8.33. The normalized spacial score (nSPS) is 17.1. The molecule has 1 aliphatic heterocycles. The van der Waals surface area contributed by atoms with Crippen molar-refractivity contribution in [2.24, 2.45) is 0 Å². The molecule has 3 rings (SSSR count). The van der Waals surface area contributed by atoms with Crippen LogP contribution in [0.5, 0.6) is 5.75 Å². The molecule has 0 saturated carbocycles. The smallest absolute Gasteiger partial charge is 0.122 e. The molecule has 2 nitrogen and oxygen atoms in total. The third kappa shape index (κ3) is 3.69. The van der Waals surface area contributed by atoms with E-state index in [1.165, 1.54) is 48.3 Å². The summed E-state index contributed by atoms with van der Waals surface area (Å²) in [4.78, 5) is 1.68. The average molecular weight is 296 g/mol. The Morgan fingerprint density at radius 2 is 1.86 bits per heavy atom. The zero-order valence-electron chi connectivity index (χ0n) is 13.7. The number of nitrogens with one attached hydrogen (secondary N) is 1. The second-order valence-electron chi connectivity index (χ2n) is 6.42. The van der Waals surface area contributed by atoms with Crippen LogP contribution in [0.1, 0.15) is 28.7 Å². The standard InChI is InChI=1S/C20H25NO/c1-16-8-9-17(2)20(14-16)22-13-5-11-21-12-10-18-6-3-4-7-19(18)15-21/h3-4,6-9,14H,5,10-13,15H2,1-2H3/p+1. The molecule has 0 saturated heterocycles. The number of rotatable bonds is 5. The summed E-state index contributed by atoms with van der Waals surface area (Å²) in [6.07, 6.45) is 2.33. The summed E-state index contributed by atoms with van der Waals surface area (Å²) in [5, 5.41) is 0. The van der Waals surface area contributed by atoms with Gasteiger partial charge >= 0.3 is 0 Å². The van der Waals surface area contributed by atoms with E-state index in [1.54, 1.807) is 4.90 Å². The number of benzene rings is 2. The summed E-state index contributed by atoms with van der Waals surface area (Å²) < 4.78 is 5.96. The van der Waals surface area contributed by atoms with E-state index in [1.807, 2.05) is 0 Å². The predicted octanol–water partition coefficient (Wildman–Crippen LogP) is 2.71. The minimum atomic E-state index is 0.815. The lowest BCUT2D eigenvalue weighted by Gasteiger charge is -2.25. The molecule has 2 aromatic rings. The van der Waals surface area contributed by atoms with Crippen LogP contribution in [0.3, 0.4) is 0 Å². The highest BCUT2D eigenvalue weighted by atomic mass is 16.5. The summed E-state index contributed by atoms with van der Waals surface area (Å²) >= 11 is 0. The van der Waals surface area contributed by atoms with Crippen molar-refractivity contribution >= 4 is 0 Å². The van der Waals surface area contributed by atoms with Crippen molar-refractivity contribution in [3.05, 3.63) is 64.7 Å². The highest BCUT2D eigenvalue weighted by molar-refractivity contribution is 5.35. The van der Waals surface area contributed by atoms with E-state index in [4.69, 9.17) is 4.74 Å². The Labute approximate surface area is 133 Å². The fourth-order valence-corrected chi connectivity index (χ4v) is 3.22. The largest absolute Gasteiger partial charge is 0.493 e. The van der Waals surface area contributed by atoms with Gasteiger partial charge in [0.1, 0.15) is 12.3 Å². The van der Waals surface area contributed by atoms with Crippen molar-refractivity contribution in [3.63, 3.8) is 0 Å². The number of hydrogen-bond donors (Lipinski definition) is 1. The molecule has 0 spiro atoms. The van der Waals surface area contributed by atoms with Crippen LogP contribution in [-0.2, 0) is 13.0 Å². The first kappa shape index (κ1) is 15.1. The fraction of sp³-hybridized carbons (Fsp3) is 0.400. The first-order chi connectivity index (χ1) is 10.7. The van der Waals surface area contributed by atoms with Crippen LogP contribution in [-0.4, -0.2) is 19.7 Å². The van der Waals surface area contributed by atoms with Gasteiger partial charge in [0.25, 0.3) is 0 Å². The highest BCUT2D eigenvalue weighted by Crippen LogP contribution is 2.19. The van der Waals surface area contributed by atoms with Gasteiger partial charge in [-0.05, 0) is 36.6 Å². The van der Waals surface area contributed by atoms with E-state index < -0.39 is 0 Å². The summed E-state index contributed by atoms with van der Waals surface area (Å²) in [5.74, 6) is 1.04. The Balaban J connectivity index is 1.45. The summed E-state index contributed by atoms with van der Waals surface area (Å²) in [7, 11) is 0. The maximum absolute atomic E-state index is 5.96. The Hall–Kier alpha value is -1.80. The zero-order chi connectivity index (χ0) is 15.4. The quantitative estimate of drug-likeness (QED) is 0.838. The van der Waals surface area contributed by atoms with Gasteiger partial charge in [0, 0.05) is 18.4 Å². The van der Waals surface area contributed by atoms with Crippen molar-refractivity contribution in [1.82, 2.24) is 0 Å². The van der Waals surface area contributed by atoms with E-state index in [0.29, 0.717) is 0 Å². The number of aryl methyl sites for hydroxylation is 2. The van der Waals surface area contributed by atoms with Crippen LogP contribution in [0.15, 0.2) is 42.5 Å². The second kappa shape index (κ2) is 6.97. The lowest BCUT2D eigenvalue weighted by atomic mass is 10.00. The molecular weight excluding hydrogens is 270 g/mol. The number of quaternary nitrogens is 1. The van der Waals surface area contributed by atoms with E-state index >= 15 is 0 Å². The van der Waals surface area contributed by atoms with Crippen LogP contribution in [0.4, 0.5) is 0 Å². The minimum Gasteiger partial charge on any atom is -0.493 e. The van der Waals surface area contributed by atoms with Gasteiger partial charge in [-0.1, -0.05) is 36.4 Å². The Morgan fingerprint density at radius 3 is 2.73 bits per heavy atom. The second-order valence-corrected chi connectivity index (χ2v) is 6.42. The van der Waals surface area contributed by atoms with Crippen molar-refractivity contribution in [2.45, 2.75) is 33.2 Å². The molecule has 0 aromatic heterocycles. The van der Waals surface area contributed by atoms with Crippen LogP contribution >= 0.6 is 0 Å². The van der Waals surface area contributed by atoms with Crippen LogP contribution in [0.2, 0.25) is 0 Å². The maximum atomic E-state index is 5.96. The van der Waals surface area contributed by atoms with Gasteiger partial charge < -0.3 is 9.64 Å². The fourth-order valence-electron chi connectivity index (χ4n) is 3.22. The molecule has 22 heavy (non-hydrogen) atoms. The minimum absolute atomic E-state index is 0.815. The third-order valence-electron chi connectivity index (χ3n) is 4.58. The molecule has 116 valence electrons. The Kier molecular flexibility index (Phi) is 4.79. The van der Waals surface area contributed by atoms with Crippen LogP contribution < -0.4 is 9.64 Å². The van der Waals surface area contributed by atoms with Gasteiger partial charge in [-0.2, -0.15) is 0 Å². The van der Waals surface area contributed by atoms with E-state index in [2.05, 4.69) is 56.3 Å². The number of fused-ring (bicyclic) bond motifs is 1. The Bertz CT molecular complexity index is 635. The molecule has 2 heteroatoms. The summed E-state index contributed by atoms with van der Waals surface area (Å²) in [6, 6.07) is 15.3. The van der Waals surface area contributed by atoms with Crippen LogP contribution in [0.25, 0.3) is 0 Å². The molecule has 0 fully saturated rings. The molecular formula is C20H26NO+. The lowest BCUT2D eigenvalue weighted by molar-refractivity contribution is -0.916. The number of hydrogen-bond acceptors (Lipinski definition) is 1. The molecule has 2 aromatic carbocycles. The van der Waals surface area contributed by atoms with E-state index in [-0.39, 0.29) is 0 Å². The molecule has 0 radical (unpaired) electrons. The van der Waals surface area contributed by atoms with Crippen LogP contribution in [0, 0.1) is 13.8 Å². The van der Waals surface area contributed by atoms with Crippen molar-refractivity contribution < 1.29 is 9.64 Å². The van der Waals surface area contributed by atoms with E-state index in [0.717, 1.165) is 18.8 Å². The summed E-state index contributed by atoms with van der Waals surface area (Å²) in [6.45, 7) is 8.65. The third-order valence-corrected chi connectivity index (χ3v) is 4.58. The van der Waals surface area contributed by atoms with Gasteiger partial charge in [-0.25, -0.2) is 0 Å². The maximum Gasteiger partial charge on any atom is 0.122 e. The highest BCUT2D eigenvalue weighted by Gasteiger charge is 2.18. The first-order valence-electron chi connectivity index (χ1n) is 8.33. The lowest BCUT2D eigenvalue weighted by Crippen LogP contribution is -3.11. The van der Waals surface area contributed by atoms with E-state index in [9.17, 15) is 0 Å². The molecule has 1 atom stereocenters. The SMILES string of the molecule is Cc1ccc(C)c(OCCC[NH+]2CCc3ccccc3C2)c1. The predicted molar refractivity (Wildman–Crippen MR) is 90.6 cm³/mol. The van der Waals surface area contributed by atoms with Gasteiger partial charge in [0.05, 0.1) is 19.7 Å². The van der Waals surface area contributed by atoms with Gasteiger partial charge in [0.2, 0.25) is 0 Å². The molecule has 1 unspecified atom stereocenters. The Morgan fingerprint density at radius 1 is 1.05 bits per heavy atom. The summed E-state index contributed by atoms with van der Waals surface area (Å²) in [5.41, 5.74) is 5.56. The molecule has 1 N–H and O–H groups in total. The zero-order valence-corrected chi connectivity index (χ0v) is 13.7. The average Bonchev–Trinajstić information content (AvgIpc) is 2.54.